The number of rotatable bonds is 8. The maximum atomic E-state index is 13.8. The van der Waals surface area contributed by atoms with Gasteiger partial charge in [0.05, 0.1) is 22.0 Å². The summed E-state index contributed by atoms with van der Waals surface area (Å²) in [5.41, 5.74) is 1.55. The molecule has 30 heavy (non-hydrogen) atoms. The predicted octanol–water partition coefficient (Wildman–Crippen LogP) is 4.20. The summed E-state index contributed by atoms with van der Waals surface area (Å²) in [4.78, 5) is 16.4. The molecule has 1 aromatic heterocycles. The molecule has 0 aliphatic rings. The minimum absolute atomic E-state index is 0.0373. The van der Waals surface area contributed by atoms with Gasteiger partial charge in [-0.05, 0) is 48.9 Å². The normalized spacial score (nSPS) is 11.1. The summed E-state index contributed by atoms with van der Waals surface area (Å²) in [6.45, 7) is 1.63. The van der Waals surface area contributed by atoms with Crippen molar-refractivity contribution in [3.05, 3.63) is 83.9 Å². The number of sulfonamides is 1. The highest BCUT2D eigenvalue weighted by molar-refractivity contribution is 7.99. The number of carbonyl (C=O) groups excluding carboxylic acids is 1. The lowest BCUT2D eigenvalue weighted by molar-refractivity contribution is -0.113. The lowest BCUT2D eigenvalue weighted by Gasteiger charge is -2.13. The first-order valence-electron chi connectivity index (χ1n) is 9.01. The molecule has 0 fully saturated rings. The number of nitrogens with one attached hydrogen (secondary N) is 2. The minimum atomic E-state index is -4.03. The van der Waals surface area contributed by atoms with Crippen molar-refractivity contribution in [2.45, 2.75) is 17.6 Å². The molecule has 1 heterocycles. The number of benzene rings is 2. The summed E-state index contributed by atoms with van der Waals surface area (Å²) in [7, 11) is -4.03. The molecule has 2 aromatic carbocycles. The summed E-state index contributed by atoms with van der Waals surface area (Å²) in [6.07, 6.45) is 1.69. The monoisotopic (exact) mass is 445 g/mol. The van der Waals surface area contributed by atoms with Crippen LogP contribution in [0.1, 0.15) is 11.3 Å². The number of para-hydroxylation sites is 1. The summed E-state index contributed by atoms with van der Waals surface area (Å²) in [5, 5.41) is 2.70. The third kappa shape index (κ3) is 5.80. The van der Waals surface area contributed by atoms with Crippen molar-refractivity contribution in [2.75, 3.05) is 15.8 Å². The Morgan fingerprint density at radius 2 is 1.87 bits per heavy atom. The summed E-state index contributed by atoms with van der Waals surface area (Å²) < 4.78 is 41.6. The first kappa shape index (κ1) is 21.8. The summed E-state index contributed by atoms with van der Waals surface area (Å²) in [6, 6.07) is 15.7. The largest absolute Gasteiger partial charge is 0.325 e. The minimum Gasteiger partial charge on any atom is -0.325 e. The summed E-state index contributed by atoms with van der Waals surface area (Å²) >= 11 is 1.40. The Morgan fingerprint density at radius 3 is 2.60 bits per heavy atom. The van der Waals surface area contributed by atoms with E-state index in [4.69, 9.17) is 0 Å². The van der Waals surface area contributed by atoms with Crippen molar-refractivity contribution < 1.29 is 17.6 Å². The molecule has 0 atom stereocenters. The number of hydrogen-bond donors (Lipinski definition) is 2. The van der Waals surface area contributed by atoms with E-state index in [0.29, 0.717) is 17.0 Å². The zero-order valence-electron chi connectivity index (χ0n) is 16.1. The van der Waals surface area contributed by atoms with Crippen LogP contribution in [-0.2, 0) is 20.6 Å². The Bertz CT molecular complexity index is 1140. The maximum absolute atomic E-state index is 13.8. The van der Waals surface area contributed by atoms with Crippen LogP contribution < -0.4 is 10.0 Å². The number of hydrogen-bond acceptors (Lipinski definition) is 5. The molecular weight excluding hydrogens is 425 g/mol. The van der Waals surface area contributed by atoms with Gasteiger partial charge in [0.15, 0.2) is 0 Å². The van der Waals surface area contributed by atoms with Crippen LogP contribution in [0.2, 0.25) is 0 Å². The molecule has 0 saturated heterocycles. The van der Waals surface area contributed by atoms with E-state index >= 15 is 0 Å². The van der Waals surface area contributed by atoms with E-state index < -0.39 is 15.8 Å². The predicted molar refractivity (Wildman–Crippen MR) is 117 cm³/mol. The third-order valence-electron chi connectivity index (χ3n) is 4.09. The lowest BCUT2D eigenvalue weighted by Crippen LogP contribution is -2.17. The van der Waals surface area contributed by atoms with E-state index in [1.165, 1.54) is 42.1 Å². The number of carbonyl (C=O) groups is 1. The van der Waals surface area contributed by atoms with Crippen LogP contribution in [0.3, 0.4) is 0 Å². The topological polar surface area (TPSA) is 88.2 Å². The van der Waals surface area contributed by atoms with Crippen LogP contribution in [-0.4, -0.2) is 25.1 Å². The van der Waals surface area contributed by atoms with Gasteiger partial charge in [0.2, 0.25) is 5.91 Å². The third-order valence-corrected chi connectivity index (χ3v) is 6.56. The van der Waals surface area contributed by atoms with Crippen LogP contribution in [0.25, 0.3) is 0 Å². The number of aromatic nitrogens is 1. The molecule has 0 spiro atoms. The Balaban J connectivity index is 1.67. The smallest absolute Gasteiger partial charge is 0.262 e. The molecule has 3 aromatic rings. The zero-order valence-corrected chi connectivity index (χ0v) is 17.8. The average molecular weight is 446 g/mol. The number of thioether (sulfide) groups is 1. The van der Waals surface area contributed by atoms with Crippen molar-refractivity contribution in [3.8, 4) is 0 Å². The number of aryl methyl sites for hydroxylation is 1. The fourth-order valence-electron chi connectivity index (χ4n) is 2.64. The molecule has 0 aliphatic carbocycles. The van der Waals surface area contributed by atoms with Gasteiger partial charge in [0, 0.05) is 17.6 Å². The van der Waals surface area contributed by atoms with E-state index in [9.17, 15) is 17.6 Å². The molecule has 0 bridgehead atoms. The van der Waals surface area contributed by atoms with E-state index in [1.807, 2.05) is 18.2 Å². The van der Waals surface area contributed by atoms with Gasteiger partial charge in [-0.1, -0.05) is 24.3 Å². The van der Waals surface area contributed by atoms with Crippen LogP contribution in [0.15, 0.2) is 71.8 Å². The van der Waals surface area contributed by atoms with Crippen molar-refractivity contribution in [1.82, 2.24) is 4.98 Å². The number of pyridine rings is 1. The van der Waals surface area contributed by atoms with Gasteiger partial charge >= 0.3 is 0 Å². The van der Waals surface area contributed by atoms with Gasteiger partial charge in [-0.15, -0.1) is 11.8 Å². The fourth-order valence-corrected chi connectivity index (χ4v) is 4.72. The Labute approximate surface area is 179 Å². The van der Waals surface area contributed by atoms with Crippen molar-refractivity contribution in [2.24, 2.45) is 0 Å². The summed E-state index contributed by atoms with van der Waals surface area (Å²) in [5.74, 6) is -0.146. The standard InChI is InChI=1S/C21H20FN3O3S2/c1-15-9-10-16(24-21(26)14-29-13-17-6-4-5-11-23-17)12-20(15)30(27,28)25-19-8-3-2-7-18(19)22/h2-12,25H,13-14H2,1H3,(H,24,26). The van der Waals surface area contributed by atoms with E-state index in [1.54, 1.807) is 25.3 Å². The Morgan fingerprint density at radius 1 is 1.10 bits per heavy atom. The highest BCUT2D eigenvalue weighted by Gasteiger charge is 2.19. The first-order valence-corrected chi connectivity index (χ1v) is 11.6. The number of nitrogens with zero attached hydrogens (tertiary/aromatic N) is 1. The van der Waals surface area contributed by atoms with Crippen LogP contribution >= 0.6 is 11.8 Å². The molecule has 2 N–H and O–H groups in total. The first-order chi connectivity index (χ1) is 14.3. The van der Waals surface area contributed by atoms with Gasteiger partial charge < -0.3 is 5.32 Å². The van der Waals surface area contributed by atoms with Gasteiger partial charge in [-0.3, -0.25) is 14.5 Å². The molecule has 0 saturated carbocycles. The molecule has 156 valence electrons. The molecule has 0 radical (unpaired) electrons. The lowest BCUT2D eigenvalue weighted by atomic mass is 10.2. The molecule has 6 nitrogen and oxygen atoms in total. The van der Waals surface area contributed by atoms with Crippen molar-refractivity contribution >= 4 is 39.1 Å². The Kier molecular flexibility index (Phi) is 7.07. The number of amides is 1. The van der Waals surface area contributed by atoms with Crippen LogP contribution in [0.4, 0.5) is 15.8 Å². The number of halogens is 1. The highest BCUT2D eigenvalue weighted by atomic mass is 32.2. The second-order valence-corrected chi connectivity index (χ2v) is 9.06. The molecular formula is C21H20FN3O3S2. The quantitative estimate of drug-likeness (QED) is 0.543. The molecule has 9 heteroatoms. The average Bonchev–Trinajstić information content (AvgIpc) is 2.72. The van der Waals surface area contributed by atoms with E-state index in [-0.39, 0.29) is 22.2 Å². The van der Waals surface area contributed by atoms with Gasteiger partial charge in [0.1, 0.15) is 5.82 Å². The van der Waals surface area contributed by atoms with Gasteiger partial charge in [0.25, 0.3) is 10.0 Å². The van der Waals surface area contributed by atoms with Crippen molar-refractivity contribution in [3.63, 3.8) is 0 Å². The molecule has 0 unspecified atom stereocenters. The fraction of sp³-hybridized carbons (Fsp3) is 0.143. The maximum Gasteiger partial charge on any atom is 0.262 e. The Hall–Kier alpha value is -2.91. The van der Waals surface area contributed by atoms with E-state index in [0.717, 1.165) is 5.69 Å². The van der Waals surface area contributed by atoms with Gasteiger partial charge in [-0.2, -0.15) is 0 Å². The van der Waals surface area contributed by atoms with Crippen molar-refractivity contribution in [1.29, 1.82) is 0 Å². The SMILES string of the molecule is Cc1ccc(NC(=O)CSCc2ccccn2)cc1S(=O)(=O)Nc1ccccc1F. The highest BCUT2D eigenvalue weighted by Crippen LogP contribution is 2.24. The molecule has 3 rings (SSSR count). The second-order valence-electron chi connectivity index (χ2n) is 6.43. The zero-order chi connectivity index (χ0) is 21.6. The van der Waals surface area contributed by atoms with Gasteiger partial charge in [-0.25, -0.2) is 12.8 Å². The molecule has 0 aliphatic heterocycles. The van der Waals surface area contributed by atoms with Crippen LogP contribution in [0.5, 0.6) is 0 Å². The number of anilines is 2. The molecule has 1 amide bonds. The second kappa shape index (κ2) is 9.73. The van der Waals surface area contributed by atoms with E-state index in [2.05, 4.69) is 15.0 Å². The van der Waals surface area contributed by atoms with Crippen LogP contribution in [0, 0.1) is 12.7 Å².